The third-order valence-electron chi connectivity index (χ3n) is 3.13. The van der Waals surface area contributed by atoms with Gasteiger partial charge < -0.3 is 4.57 Å². The first-order chi connectivity index (χ1) is 7.63. The van der Waals surface area contributed by atoms with E-state index >= 15 is 0 Å². The largest absolute Gasteiger partial charge is 0.305 e. The first-order valence-corrected chi connectivity index (χ1v) is 5.58. The maximum atomic E-state index is 4.53. The van der Waals surface area contributed by atoms with Crippen LogP contribution < -0.4 is 0 Å². The third-order valence-corrected chi connectivity index (χ3v) is 3.13. The average Bonchev–Trinajstić information content (AvgIpc) is 2.83. The summed E-state index contributed by atoms with van der Waals surface area (Å²) >= 11 is 0. The SMILES string of the molecule is CCC(C)(C)c1ccc(-n2ccnc2)cn1. The zero-order valence-corrected chi connectivity index (χ0v) is 10.0. The van der Waals surface area contributed by atoms with E-state index in [2.05, 4.69) is 42.9 Å². The number of rotatable bonds is 3. The molecule has 0 N–H and O–H groups in total. The van der Waals surface area contributed by atoms with Crippen LogP contribution in [0.5, 0.6) is 0 Å². The van der Waals surface area contributed by atoms with Crippen molar-refractivity contribution in [2.45, 2.75) is 32.6 Å². The lowest BCUT2D eigenvalue weighted by Gasteiger charge is -2.21. The van der Waals surface area contributed by atoms with E-state index in [4.69, 9.17) is 0 Å². The van der Waals surface area contributed by atoms with Gasteiger partial charge in [-0.25, -0.2) is 4.98 Å². The molecule has 0 radical (unpaired) electrons. The zero-order chi connectivity index (χ0) is 11.6. The summed E-state index contributed by atoms with van der Waals surface area (Å²) in [6.07, 6.45) is 8.45. The van der Waals surface area contributed by atoms with Gasteiger partial charge in [0.15, 0.2) is 0 Å². The lowest BCUT2D eigenvalue weighted by molar-refractivity contribution is 0.490. The standard InChI is InChI=1S/C13H17N3/c1-4-13(2,3)12-6-5-11(9-15-12)16-8-7-14-10-16/h5-10H,4H2,1-3H3. The van der Waals surface area contributed by atoms with Crippen molar-refractivity contribution in [3.05, 3.63) is 42.7 Å². The lowest BCUT2D eigenvalue weighted by Crippen LogP contribution is -2.17. The van der Waals surface area contributed by atoms with Crippen molar-refractivity contribution in [3.8, 4) is 5.69 Å². The summed E-state index contributed by atoms with van der Waals surface area (Å²) < 4.78 is 1.95. The molecule has 0 aliphatic carbocycles. The Morgan fingerprint density at radius 2 is 2.12 bits per heavy atom. The molecule has 84 valence electrons. The van der Waals surface area contributed by atoms with Gasteiger partial charge >= 0.3 is 0 Å². The van der Waals surface area contributed by atoms with E-state index in [9.17, 15) is 0 Å². The molecule has 0 spiro atoms. The first kappa shape index (κ1) is 10.9. The molecule has 0 aliphatic heterocycles. The average molecular weight is 215 g/mol. The van der Waals surface area contributed by atoms with Crippen LogP contribution in [0.25, 0.3) is 5.69 Å². The van der Waals surface area contributed by atoms with E-state index in [0.717, 1.165) is 17.8 Å². The molecular weight excluding hydrogens is 198 g/mol. The Balaban J connectivity index is 2.30. The molecule has 0 saturated heterocycles. The summed E-state index contributed by atoms with van der Waals surface area (Å²) in [5.74, 6) is 0. The lowest BCUT2D eigenvalue weighted by atomic mass is 9.86. The molecule has 2 rings (SSSR count). The monoisotopic (exact) mass is 215 g/mol. The molecule has 2 heterocycles. The predicted molar refractivity (Wildman–Crippen MR) is 64.7 cm³/mol. The zero-order valence-electron chi connectivity index (χ0n) is 10.0. The minimum atomic E-state index is 0.146. The Hall–Kier alpha value is -1.64. The molecule has 0 unspecified atom stereocenters. The van der Waals surface area contributed by atoms with E-state index in [1.165, 1.54) is 0 Å². The Kier molecular flexibility index (Phi) is 2.77. The first-order valence-electron chi connectivity index (χ1n) is 5.58. The summed E-state index contributed by atoms with van der Waals surface area (Å²) in [6.45, 7) is 6.61. The molecule has 0 bridgehead atoms. The van der Waals surface area contributed by atoms with Gasteiger partial charge in [-0.05, 0) is 18.6 Å². The topological polar surface area (TPSA) is 30.7 Å². The smallest absolute Gasteiger partial charge is 0.0992 e. The Bertz CT molecular complexity index is 441. The molecule has 16 heavy (non-hydrogen) atoms. The van der Waals surface area contributed by atoms with Crippen LogP contribution in [0, 0.1) is 0 Å². The number of imidazole rings is 1. The van der Waals surface area contributed by atoms with Crippen molar-refractivity contribution in [2.75, 3.05) is 0 Å². The second-order valence-corrected chi connectivity index (χ2v) is 4.61. The van der Waals surface area contributed by atoms with Crippen LogP contribution in [0.2, 0.25) is 0 Å². The number of aromatic nitrogens is 3. The van der Waals surface area contributed by atoms with Gasteiger partial charge in [-0.3, -0.25) is 4.98 Å². The van der Waals surface area contributed by atoms with Crippen LogP contribution in [-0.4, -0.2) is 14.5 Å². The maximum Gasteiger partial charge on any atom is 0.0992 e. The number of pyridine rings is 1. The minimum Gasteiger partial charge on any atom is -0.305 e. The van der Waals surface area contributed by atoms with Crippen LogP contribution in [0.1, 0.15) is 32.9 Å². The molecule has 0 fully saturated rings. The van der Waals surface area contributed by atoms with Crippen LogP contribution >= 0.6 is 0 Å². The van der Waals surface area contributed by atoms with Gasteiger partial charge in [0.25, 0.3) is 0 Å². The minimum absolute atomic E-state index is 0.146. The van der Waals surface area contributed by atoms with Crippen molar-refractivity contribution < 1.29 is 0 Å². The Labute approximate surface area is 96.2 Å². The molecule has 0 amide bonds. The van der Waals surface area contributed by atoms with Gasteiger partial charge in [0.1, 0.15) is 0 Å². The third kappa shape index (κ3) is 1.98. The van der Waals surface area contributed by atoms with Crippen LogP contribution in [0.3, 0.4) is 0 Å². The fourth-order valence-corrected chi connectivity index (χ4v) is 1.53. The summed E-state index contributed by atoms with van der Waals surface area (Å²) in [5.41, 5.74) is 2.33. The number of hydrogen-bond donors (Lipinski definition) is 0. The van der Waals surface area contributed by atoms with Gasteiger partial charge in [0.2, 0.25) is 0 Å². The van der Waals surface area contributed by atoms with Crippen molar-refractivity contribution in [2.24, 2.45) is 0 Å². The molecular formula is C13H17N3. The van der Waals surface area contributed by atoms with Crippen molar-refractivity contribution in [1.82, 2.24) is 14.5 Å². The van der Waals surface area contributed by atoms with Crippen LogP contribution in [0.15, 0.2) is 37.1 Å². The highest BCUT2D eigenvalue weighted by molar-refractivity contribution is 5.31. The van der Waals surface area contributed by atoms with Crippen LogP contribution in [0.4, 0.5) is 0 Å². The summed E-state index contributed by atoms with van der Waals surface area (Å²) in [7, 11) is 0. The molecule has 0 aliphatic rings. The highest BCUT2D eigenvalue weighted by Gasteiger charge is 2.19. The van der Waals surface area contributed by atoms with Gasteiger partial charge in [-0.1, -0.05) is 20.8 Å². The fraction of sp³-hybridized carbons (Fsp3) is 0.385. The highest BCUT2D eigenvalue weighted by Crippen LogP contribution is 2.24. The van der Waals surface area contributed by atoms with Crippen molar-refractivity contribution in [3.63, 3.8) is 0 Å². The van der Waals surface area contributed by atoms with Gasteiger partial charge in [-0.2, -0.15) is 0 Å². The summed E-state index contributed by atoms with van der Waals surface area (Å²) in [5, 5.41) is 0. The highest BCUT2D eigenvalue weighted by atomic mass is 15.0. The molecule has 0 aromatic carbocycles. The number of hydrogen-bond acceptors (Lipinski definition) is 2. The molecule has 3 nitrogen and oxygen atoms in total. The summed E-state index contributed by atoms with van der Waals surface area (Å²) in [6, 6.07) is 4.18. The second-order valence-electron chi connectivity index (χ2n) is 4.61. The Morgan fingerprint density at radius 3 is 2.62 bits per heavy atom. The van der Waals surface area contributed by atoms with E-state index in [-0.39, 0.29) is 5.41 Å². The van der Waals surface area contributed by atoms with E-state index in [0.29, 0.717) is 0 Å². The normalized spacial score (nSPS) is 11.7. The van der Waals surface area contributed by atoms with E-state index in [1.807, 2.05) is 17.0 Å². The van der Waals surface area contributed by atoms with Crippen molar-refractivity contribution in [1.29, 1.82) is 0 Å². The van der Waals surface area contributed by atoms with Gasteiger partial charge in [0.05, 0.1) is 18.2 Å². The fourth-order valence-electron chi connectivity index (χ4n) is 1.53. The van der Waals surface area contributed by atoms with E-state index in [1.54, 1.807) is 12.5 Å². The van der Waals surface area contributed by atoms with Crippen molar-refractivity contribution >= 4 is 0 Å². The molecule has 0 atom stereocenters. The summed E-state index contributed by atoms with van der Waals surface area (Å²) in [4.78, 5) is 8.55. The molecule has 0 saturated carbocycles. The van der Waals surface area contributed by atoms with Crippen LogP contribution in [-0.2, 0) is 5.41 Å². The molecule has 3 heteroatoms. The maximum absolute atomic E-state index is 4.53. The molecule has 2 aromatic rings. The van der Waals surface area contributed by atoms with E-state index < -0.39 is 0 Å². The molecule has 2 aromatic heterocycles. The predicted octanol–water partition coefficient (Wildman–Crippen LogP) is 2.95. The quantitative estimate of drug-likeness (QED) is 0.788. The number of nitrogens with zero attached hydrogens (tertiary/aromatic N) is 3. The van der Waals surface area contributed by atoms with Gasteiger partial charge in [-0.15, -0.1) is 0 Å². The Morgan fingerprint density at radius 1 is 1.31 bits per heavy atom. The second kappa shape index (κ2) is 4.08. The van der Waals surface area contributed by atoms with Gasteiger partial charge in [0, 0.05) is 23.5 Å².